The van der Waals surface area contributed by atoms with Gasteiger partial charge in [-0.3, -0.25) is 4.79 Å². The van der Waals surface area contributed by atoms with Crippen LogP contribution in [0.15, 0.2) is 100 Å². The molecule has 0 aliphatic heterocycles. The van der Waals surface area contributed by atoms with Crippen LogP contribution in [-0.2, 0) is 11.4 Å². The van der Waals surface area contributed by atoms with E-state index < -0.39 is 0 Å². The maximum atomic E-state index is 13.2. The molecule has 1 N–H and O–H groups in total. The van der Waals surface area contributed by atoms with Gasteiger partial charge < -0.3 is 9.82 Å². The van der Waals surface area contributed by atoms with E-state index in [-0.39, 0.29) is 12.2 Å². The Kier molecular flexibility index (Phi) is 5.51. The zero-order valence-corrected chi connectivity index (χ0v) is 18.0. The third-order valence-corrected chi connectivity index (χ3v) is 5.34. The molecule has 0 saturated heterocycles. The largest absolute Gasteiger partial charge is 0.387 e. The number of aromatic nitrogens is 3. The molecule has 3 aromatic carbocycles. The van der Waals surface area contributed by atoms with Crippen molar-refractivity contribution in [3.05, 3.63) is 112 Å². The number of aromatic amines is 1. The number of hydrogen-bond acceptors (Lipinski definition) is 5. The molecule has 5 rings (SSSR count). The summed E-state index contributed by atoms with van der Waals surface area (Å²) in [5.41, 5.74) is 3.88. The Morgan fingerprint density at radius 1 is 1.00 bits per heavy atom. The van der Waals surface area contributed by atoms with Crippen molar-refractivity contribution in [2.24, 2.45) is 10.3 Å². The van der Waals surface area contributed by atoms with E-state index in [1.807, 2.05) is 79.9 Å². The second-order valence-corrected chi connectivity index (χ2v) is 7.51. The molecule has 0 saturated carbocycles. The van der Waals surface area contributed by atoms with Gasteiger partial charge in [0.2, 0.25) is 0 Å². The van der Waals surface area contributed by atoms with Crippen LogP contribution in [0.4, 0.5) is 0 Å². The van der Waals surface area contributed by atoms with Crippen LogP contribution in [-0.4, -0.2) is 26.6 Å². The molecule has 0 atom stereocenters. The van der Waals surface area contributed by atoms with Gasteiger partial charge in [0.1, 0.15) is 0 Å². The van der Waals surface area contributed by atoms with Gasteiger partial charge in [-0.05, 0) is 30.7 Å². The van der Waals surface area contributed by atoms with Crippen LogP contribution in [0.25, 0.3) is 21.8 Å². The molecule has 0 aliphatic carbocycles. The van der Waals surface area contributed by atoms with E-state index in [1.54, 1.807) is 18.3 Å². The first-order chi connectivity index (χ1) is 16.2. The van der Waals surface area contributed by atoms with Gasteiger partial charge in [0, 0.05) is 22.7 Å². The number of H-pyrrole nitrogens is 1. The fourth-order valence-electron chi connectivity index (χ4n) is 3.62. The van der Waals surface area contributed by atoms with Crippen molar-refractivity contribution in [2.45, 2.75) is 13.5 Å². The quantitative estimate of drug-likeness (QED) is 0.310. The van der Waals surface area contributed by atoms with Crippen molar-refractivity contribution in [1.29, 1.82) is 0 Å². The van der Waals surface area contributed by atoms with Crippen LogP contribution in [0, 0.1) is 0 Å². The fourth-order valence-corrected chi connectivity index (χ4v) is 3.62. The van der Waals surface area contributed by atoms with Crippen molar-refractivity contribution < 1.29 is 4.84 Å². The summed E-state index contributed by atoms with van der Waals surface area (Å²) in [6.07, 6.45) is 3.51. The van der Waals surface area contributed by atoms with Crippen LogP contribution >= 0.6 is 0 Å². The Balaban J connectivity index is 1.51. The van der Waals surface area contributed by atoms with Crippen LogP contribution in [0.1, 0.15) is 23.9 Å². The Morgan fingerprint density at radius 3 is 2.58 bits per heavy atom. The average Bonchev–Trinajstić information content (AvgIpc) is 3.27. The highest BCUT2D eigenvalue weighted by Crippen LogP contribution is 2.16. The minimum atomic E-state index is -0.265. The minimum absolute atomic E-state index is 0.00449. The van der Waals surface area contributed by atoms with E-state index in [0.29, 0.717) is 16.7 Å². The second-order valence-electron chi connectivity index (χ2n) is 7.51. The minimum Gasteiger partial charge on any atom is -0.387 e. The molecule has 0 bridgehead atoms. The smallest absolute Gasteiger partial charge is 0.282 e. The first-order valence-electron chi connectivity index (χ1n) is 10.5. The Morgan fingerprint density at radius 2 is 1.73 bits per heavy atom. The van der Waals surface area contributed by atoms with Crippen LogP contribution in [0.5, 0.6) is 0 Å². The molecule has 162 valence electrons. The van der Waals surface area contributed by atoms with Crippen LogP contribution < -0.4 is 5.56 Å². The lowest BCUT2D eigenvalue weighted by Gasteiger charge is -2.09. The molecule has 2 heterocycles. The lowest BCUT2D eigenvalue weighted by Crippen LogP contribution is -2.22. The zero-order valence-electron chi connectivity index (χ0n) is 18.0. The number of nitrogens with zero attached hydrogens (tertiary/aromatic N) is 4. The van der Waals surface area contributed by atoms with Crippen molar-refractivity contribution >= 4 is 33.7 Å². The van der Waals surface area contributed by atoms with Gasteiger partial charge in [0.15, 0.2) is 12.4 Å². The molecule has 0 unspecified atom stereocenters. The first-order valence-corrected chi connectivity index (χ1v) is 10.5. The topological polar surface area (TPSA) is 84.6 Å². The highest BCUT2D eigenvalue weighted by molar-refractivity contribution is 5.99. The molecular weight excluding hydrogens is 414 g/mol. The molecule has 0 amide bonds. The van der Waals surface area contributed by atoms with Gasteiger partial charge in [-0.2, -0.15) is 9.78 Å². The van der Waals surface area contributed by atoms with E-state index in [1.165, 1.54) is 4.68 Å². The monoisotopic (exact) mass is 435 g/mol. The van der Waals surface area contributed by atoms with E-state index in [9.17, 15) is 4.79 Å². The SMILES string of the molecule is CC(=NOCc1nc2ccccc2c(=O)n1N=Cc1c[nH]c2ccccc12)c1ccccc1. The van der Waals surface area contributed by atoms with Gasteiger partial charge in [-0.15, -0.1) is 0 Å². The average molecular weight is 435 g/mol. The third kappa shape index (κ3) is 4.16. The maximum Gasteiger partial charge on any atom is 0.282 e. The summed E-state index contributed by atoms with van der Waals surface area (Å²) in [5.74, 6) is 0.361. The van der Waals surface area contributed by atoms with Crippen molar-refractivity contribution in [1.82, 2.24) is 14.6 Å². The Hall–Kier alpha value is -4.52. The number of oxime groups is 1. The molecule has 7 heteroatoms. The van der Waals surface area contributed by atoms with Crippen LogP contribution in [0.2, 0.25) is 0 Å². The molecule has 0 fully saturated rings. The summed E-state index contributed by atoms with van der Waals surface area (Å²) in [5, 5.41) is 10.2. The lowest BCUT2D eigenvalue weighted by molar-refractivity contribution is 0.122. The zero-order chi connectivity index (χ0) is 22.6. The second kappa shape index (κ2) is 8.92. The molecule has 33 heavy (non-hydrogen) atoms. The predicted molar refractivity (Wildman–Crippen MR) is 131 cm³/mol. The van der Waals surface area contributed by atoms with Gasteiger partial charge in [-0.1, -0.05) is 65.8 Å². The first kappa shape index (κ1) is 20.4. The summed E-state index contributed by atoms with van der Waals surface area (Å²) in [4.78, 5) is 26.6. The van der Waals surface area contributed by atoms with E-state index in [2.05, 4.69) is 20.2 Å². The number of nitrogens with one attached hydrogen (secondary N) is 1. The predicted octanol–water partition coefficient (Wildman–Crippen LogP) is 4.70. The van der Waals surface area contributed by atoms with Gasteiger partial charge in [0.05, 0.1) is 22.8 Å². The summed E-state index contributed by atoms with van der Waals surface area (Å²) in [6.45, 7) is 1.86. The molecule has 0 spiro atoms. The van der Waals surface area contributed by atoms with Crippen molar-refractivity contribution in [3.8, 4) is 0 Å². The van der Waals surface area contributed by atoms with E-state index >= 15 is 0 Å². The molecule has 5 aromatic rings. The van der Waals surface area contributed by atoms with Crippen molar-refractivity contribution in [3.63, 3.8) is 0 Å². The standard InChI is InChI=1S/C26H21N5O2/c1-18(19-9-3-2-4-10-19)30-33-17-25-29-24-14-8-6-12-22(24)26(32)31(25)28-16-20-15-27-23-13-7-5-11-21(20)23/h2-16,27H,17H2,1H3. The van der Waals surface area contributed by atoms with Crippen LogP contribution in [0.3, 0.4) is 0 Å². The lowest BCUT2D eigenvalue weighted by atomic mass is 10.1. The van der Waals surface area contributed by atoms with E-state index in [0.717, 1.165) is 27.7 Å². The molecule has 0 aliphatic rings. The Labute approximate surface area is 189 Å². The molecule has 0 radical (unpaired) electrons. The molecule has 7 nitrogen and oxygen atoms in total. The Bertz CT molecular complexity index is 1550. The number of rotatable bonds is 6. The number of benzene rings is 3. The highest BCUT2D eigenvalue weighted by atomic mass is 16.6. The molecule has 2 aromatic heterocycles. The summed E-state index contributed by atoms with van der Waals surface area (Å²) >= 11 is 0. The summed E-state index contributed by atoms with van der Waals surface area (Å²) in [7, 11) is 0. The van der Waals surface area contributed by atoms with E-state index in [4.69, 9.17) is 4.84 Å². The number of fused-ring (bicyclic) bond motifs is 2. The van der Waals surface area contributed by atoms with Gasteiger partial charge in [-0.25, -0.2) is 4.98 Å². The summed E-state index contributed by atoms with van der Waals surface area (Å²) < 4.78 is 1.28. The normalized spacial score (nSPS) is 12.1. The third-order valence-electron chi connectivity index (χ3n) is 5.34. The van der Waals surface area contributed by atoms with Crippen molar-refractivity contribution in [2.75, 3.05) is 0 Å². The molecular formula is C26H21N5O2. The number of para-hydroxylation sites is 2. The highest BCUT2D eigenvalue weighted by Gasteiger charge is 2.11. The van der Waals surface area contributed by atoms with Gasteiger partial charge >= 0.3 is 0 Å². The maximum absolute atomic E-state index is 13.2. The number of hydrogen-bond donors (Lipinski definition) is 1. The summed E-state index contributed by atoms with van der Waals surface area (Å²) in [6, 6.07) is 24.8. The van der Waals surface area contributed by atoms with Gasteiger partial charge in [0.25, 0.3) is 5.56 Å². The fraction of sp³-hybridized carbons (Fsp3) is 0.0769.